The zero-order chi connectivity index (χ0) is 24.1. The Morgan fingerprint density at radius 3 is 2.18 bits per heavy atom. The number of halogens is 1. The van der Waals surface area contributed by atoms with Crippen molar-refractivity contribution >= 4 is 17.5 Å². The van der Waals surface area contributed by atoms with Crippen molar-refractivity contribution in [3.05, 3.63) is 94.0 Å². The fourth-order valence-electron chi connectivity index (χ4n) is 4.26. The van der Waals surface area contributed by atoms with E-state index in [0.29, 0.717) is 11.6 Å². The Balaban J connectivity index is 1.74. The van der Waals surface area contributed by atoms with E-state index < -0.39 is 0 Å². The van der Waals surface area contributed by atoms with Crippen LogP contribution in [0.2, 0.25) is 5.02 Å². The van der Waals surface area contributed by atoms with Gasteiger partial charge < -0.3 is 10.5 Å². The van der Waals surface area contributed by atoms with Crippen molar-refractivity contribution in [1.29, 1.82) is 0 Å². The third kappa shape index (κ3) is 5.40. The number of aromatic nitrogens is 2. The normalized spacial score (nSPS) is 10.9. The third-order valence-electron chi connectivity index (χ3n) is 5.86. The molecule has 0 aliphatic rings. The van der Waals surface area contributed by atoms with Gasteiger partial charge in [0.2, 0.25) is 5.95 Å². The molecule has 4 rings (SSSR count). The first-order chi connectivity index (χ1) is 16.5. The van der Waals surface area contributed by atoms with Gasteiger partial charge in [-0.05, 0) is 67.6 Å². The first-order valence-corrected chi connectivity index (χ1v) is 12.0. The molecule has 3 aromatic carbocycles. The lowest BCUT2D eigenvalue weighted by Crippen LogP contribution is -2.06. The maximum Gasteiger partial charge on any atom is 0.221 e. The largest absolute Gasteiger partial charge is 0.488 e. The van der Waals surface area contributed by atoms with Crippen molar-refractivity contribution in [3.63, 3.8) is 0 Å². The van der Waals surface area contributed by atoms with E-state index in [1.807, 2.05) is 42.5 Å². The van der Waals surface area contributed by atoms with Gasteiger partial charge in [-0.1, -0.05) is 67.4 Å². The number of rotatable bonds is 8. The minimum Gasteiger partial charge on any atom is -0.488 e. The topological polar surface area (TPSA) is 61.0 Å². The third-order valence-corrected chi connectivity index (χ3v) is 6.09. The van der Waals surface area contributed by atoms with E-state index in [-0.39, 0.29) is 5.95 Å². The highest BCUT2D eigenvalue weighted by Crippen LogP contribution is 2.35. The number of nitrogens with zero attached hydrogens (tertiary/aromatic N) is 2. The molecule has 2 N–H and O–H groups in total. The van der Waals surface area contributed by atoms with E-state index in [4.69, 9.17) is 27.1 Å². The van der Waals surface area contributed by atoms with Crippen LogP contribution >= 0.6 is 11.6 Å². The van der Waals surface area contributed by atoms with Gasteiger partial charge in [-0.2, -0.15) is 0 Å². The van der Waals surface area contributed by atoms with Gasteiger partial charge in [-0.25, -0.2) is 9.97 Å². The molecule has 1 heterocycles. The molecule has 0 spiro atoms. The lowest BCUT2D eigenvalue weighted by Gasteiger charge is -2.18. The minimum atomic E-state index is 0.283. The minimum absolute atomic E-state index is 0.283. The second kappa shape index (κ2) is 10.7. The Morgan fingerprint density at radius 2 is 1.53 bits per heavy atom. The summed E-state index contributed by atoms with van der Waals surface area (Å²) < 4.78 is 6.20. The maximum atomic E-state index is 6.20. The standard InChI is InChI=1S/C29H30ClN3O/c1-4-5-14-25-26(22-11-7-6-8-12-22)32-29(31)33-27(25)23-15-19(2)28(20(3)16-23)34-18-21-10-9-13-24(30)17-21/h6-13,15-17H,4-5,14,18H2,1-3H3,(H2,31,32,33). The van der Waals surface area contributed by atoms with Crippen molar-refractivity contribution in [3.8, 4) is 28.3 Å². The number of anilines is 1. The number of aryl methyl sites for hydroxylation is 2. The van der Waals surface area contributed by atoms with Crippen LogP contribution in [-0.2, 0) is 13.0 Å². The zero-order valence-corrected chi connectivity index (χ0v) is 20.7. The highest BCUT2D eigenvalue weighted by Gasteiger charge is 2.18. The molecule has 1 aromatic heterocycles. The van der Waals surface area contributed by atoms with E-state index in [1.54, 1.807) is 0 Å². The summed E-state index contributed by atoms with van der Waals surface area (Å²) in [6, 6.07) is 22.2. The molecular weight excluding hydrogens is 442 g/mol. The Bertz CT molecular complexity index is 1270. The van der Waals surface area contributed by atoms with Crippen LogP contribution in [0.4, 0.5) is 5.95 Å². The molecule has 0 fully saturated rings. The van der Waals surface area contributed by atoms with Gasteiger partial charge >= 0.3 is 0 Å². The predicted molar refractivity (Wildman–Crippen MR) is 141 cm³/mol. The van der Waals surface area contributed by atoms with E-state index in [0.717, 1.165) is 69.8 Å². The number of benzene rings is 3. The number of ether oxygens (including phenoxy) is 1. The van der Waals surface area contributed by atoms with Crippen LogP contribution in [-0.4, -0.2) is 9.97 Å². The summed E-state index contributed by atoms with van der Waals surface area (Å²) in [6.45, 7) is 6.79. The molecule has 0 saturated carbocycles. The van der Waals surface area contributed by atoms with Gasteiger partial charge in [-0.15, -0.1) is 0 Å². The van der Waals surface area contributed by atoms with Crippen LogP contribution in [0.15, 0.2) is 66.7 Å². The lowest BCUT2D eigenvalue weighted by atomic mass is 9.94. The van der Waals surface area contributed by atoms with Gasteiger partial charge in [0.25, 0.3) is 0 Å². The van der Waals surface area contributed by atoms with Gasteiger partial charge in [0, 0.05) is 21.7 Å². The predicted octanol–water partition coefficient (Wildman–Crippen LogP) is 7.58. The summed E-state index contributed by atoms with van der Waals surface area (Å²) in [4.78, 5) is 9.35. The molecule has 0 bridgehead atoms. The first-order valence-electron chi connectivity index (χ1n) is 11.7. The molecule has 4 aromatic rings. The van der Waals surface area contributed by atoms with E-state index >= 15 is 0 Å². The lowest BCUT2D eigenvalue weighted by molar-refractivity contribution is 0.302. The second-order valence-corrected chi connectivity index (χ2v) is 9.02. The maximum absolute atomic E-state index is 6.20. The van der Waals surface area contributed by atoms with E-state index in [1.165, 1.54) is 0 Å². The molecule has 0 aliphatic heterocycles. The summed E-state index contributed by atoms with van der Waals surface area (Å²) in [7, 11) is 0. The SMILES string of the molecule is CCCCc1c(-c2ccccc2)nc(N)nc1-c1cc(C)c(OCc2cccc(Cl)c2)c(C)c1. The van der Waals surface area contributed by atoms with Gasteiger partial charge in [0.15, 0.2) is 0 Å². The Labute approximate surface area is 206 Å². The molecule has 4 nitrogen and oxygen atoms in total. The summed E-state index contributed by atoms with van der Waals surface area (Å²) in [5, 5.41) is 0.708. The molecule has 0 radical (unpaired) electrons. The monoisotopic (exact) mass is 471 g/mol. The van der Waals surface area contributed by atoms with Gasteiger partial charge in [-0.3, -0.25) is 0 Å². The Kier molecular flexibility index (Phi) is 7.49. The average Bonchev–Trinajstić information content (AvgIpc) is 2.82. The molecule has 174 valence electrons. The van der Waals surface area contributed by atoms with Crippen LogP contribution in [0.3, 0.4) is 0 Å². The molecule has 0 aliphatic carbocycles. The smallest absolute Gasteiger partial charge is 0.221 e. The molecule has 0 unspecified atom stereocenters. The fourth-order valence-corrected chi connectivity index (χ4v) is 4.47. The number of unbranched alkanes of at least 4 members (excludes halogenated alkanes) is 1. The summed E-state index contributed by atoms with van der Waals surface area (Å²) in [6.07, 6.45) is 3.03. The molecule has 34 heavy (non-hydrogen) atoms. The first kappa shape index (κ1) is 23.8. The summed E-state index contributed by atoms with van der Waals surface area (Å²) in [5.41, 5.74) is 14.4. The van der Waals surface area contributed by atoms with Gasteiger partial charge in [0.1, 0.15) is 12.4 Å². The van der Waals surface area contributed by atoms with Crippen molar-refractivity contribution in [1.82, 2.24) is 9.97 Å². The number of hydrogen-bond donors (Lipinski definition) is 1. The van der Waals surface area contributed by atoms with Crippen molar-refractivity contribution in [2.45, 2.75) is 46.6 Å². The van der Waals surface area contributed by atoms with Crippen LogP contribution in [0.25, 0.3) is 22.5 Å². The summed E-state index contributed by atoms with van der Waals surface area (Å²) >= 11 is 6.12. The molecule has 5 heteroatoms. The van der Waals surface area contributed by atoms with Crippen molar-refractivity contribution in [2.24, 2.45) is 0 Å². The van der Waals surface area contributed by atoms with Gasteiger partial charge in [0.05, 0.1) is 11.4 Å². The van der Waals surface area contributed by atoms with E-state index in [2.05, 4.69) is 50.0 Å². The average molecular weight is 472 g/mol. The van der Waals surface area contributed by atoms with Crippen molar-refractivity contribution < 1.29 is 4.74 Å². The van der Waals surface area contributed by atoms with Crippen LogP contribution in [0, 0.1) is 13.8 Å². The van der Waals surface area contributed by atoms with E-state index in [9.17, 15) is 0 Å². The second-order valence-electron chi connectivity index (χ2n) is 8.58. The highest BCUT2D eigenvalue weighted by atomic mass is 35.5. The number of hydrogen-bond acceptors (Lipinski definition) is 4. The Morgan fingerprint density at radius 1 is 0.853 bits per heavy atom. The molecule has 0 amide bonds. The number of nitrogen functional groups attached to an aromatic ring is 1. The molecular formula is C29H30ClN3O. The van der Waals surface area contributed by atoms with Crippen LogP contribution in [0.5, 0.6) is 5.75 Å². The summed E-state index contributed by atoms with van der Waals surface area (Å²) in [5.74, 6) is 1.16. The quantitative estimate of drug-likeness (QED) is 0.287. The molecule has 0 atom stereocenters. The fraction of sp³-hybridized carbons (Fsp3) is 0.241. The van der Waals surface area contributed by atoms with Crippen LogP contribution in [0.1, 0.15) is 42.0 Å². The Hall–Kier alpha value is -3.37. The van der Waals surface area contributed by atoms with Crippen molar-refractivity contribution in [2.75, 3.05) is 5.73 Å². The van der Waals surface area contributed by atoms with Crippen LogP contribution < -0.4 is 10.5 Å². The highest BCUT2D eigenvalue weighted by molar-refractivity contribution is 6.30. The zero-order valence-electron chi connectivity index (χ0n) is 19.9. The number of nitrogens with two attached hydrogens (primary N) is 1. The molecule has 0 saturated heterocycles.